The summed E-state index contributed by atoms with van der Waals surface area (Å²) in [6.07, 6.45) is -1.21. The third kappa shape index (κ3) is 5.43. The summed E-state index contributed by atoms with van der Waals surface area (Å²) in [6.45, 7) is 0.0703. The van der Waals surface area contributed by atoms with Crippen LogP contribution in [0.4, 0.5) is 4.39 Å². The number of aliphatic carboxylic acids is 1. The molecule has 3 aromatic carbocycles. The third-order valence-corrected chi connectivity index (χ3v) is 6.56. The van der Waals surface area contributed by atoms with Crippen LogP contribution in [0.15, 0.2) is 77.7 Å². The number of rotatable bonds is 9. The molecule has 0 heterocycles. The van der Waals surface area contributed by atoms with E-state index in [0.717, 1.165) is 16.4 Å². The number of carboxylic acid groups (broad SMARTS) is 1. The molecule has 3 aromatic rings. The first-order valence-electron chi connectivity index (χ1n) is 9.55. The first-order chi connectivity index (χ1) is 15.2. The number of methoxy groups -OCH3 is 1. The Bertz CT molecular complexity index is 1160. The number of hydrogen-bond donors (Lipinski definition) is 1. The maximum absolute atomic E-state index is 13.1. The summed E-state index contributed by atoms with van der Waals surface area (Å²) in [5.41, 5.74) is 1.12. The van der Waals surface area contributed by atoms with Crippen molar-refractivity contribution in [3.63, 3.8) is 0 Å². The maximum Gasteiger partial charge on any atom is 0.349 e. The molecule has 0 aromatic heterocycles. The number of halogens is 1. The van der Waals surface area contributed by atoms with Crippen molar-refractivity contribution in [2.75, 3.05) is 14.2 Å². The standard InChI is InChI=1S/C23H22FNO6S/c1-25(32(28,29)21-13-7-18(24)8-14-21)15-16-3-9-20(10-4-16)31-22(23(26)27)17-5-11-19(30-2)12-6-17/h3-14,22H,15H2,1-2H3,(H,26,27). The second-order valence-corrected chi connectivity index (χ2v) is 9.01. The molecule has 3 rings (SSSR count). The summed E-state index contributed by atoms with van der Waals surface area (Å²) >= 11 is 0. The van der Waals surface area contributed by atoms with E-state index < -0.39 is 27.9 Å². The number of nitrogens with zero attached hydrogens (tertiary/aromatic N) is 1. The minimum Gasteiger partial charge on any atom is -0.497 e. The molecule has 0 radical (unpaired) electrons. The zero-order valence-electron chi connectivity index (χ0n) is 17.4. The molecule has 0 aliphatic carbocycles. The van der Waals surface area contributed by atoms with E-state index in [2.05, 4.69) is 0 Å². The predicted molar refractivity (Wildman–Crippen MR) is 115 cm³/mol. The third-order valence-electron chi connectivity index (χ3n) is 4.75. The highest BCUT2D eigenvalue weighted by atomic mass is 32.2. The molecule has 1 atom stereocenters. The largest absolute Gasteiger partial charge is 0.497 e. The van der Waals surface area contributed by atoms with Crippen molar-refractivity contribution in [2.24, 2.45) is 0 Å². The fourth-order valence-corrected chi connectivity index (χ4v) is 4.14. The van der Waals surface area contributed by atoms with E-state index in [1.54, 1.807) is 48.5 Å². The maximum atomic E-state index is 13.1. The van der Waals surface area contributed by atoms with Crippen LogP contribution in [0.25, 0.3) is 0 Å². The van der Waals surface area contributed by atoms with Crippen molar-refractivity contribution in [1.29, 1.82) is 0 Å². The Morgan fingerprint density at radius 1 is 0.969 bits per heavy atom. The van der Waals surface area contributed by atoms with E-state index in [-0.39, 0.29) is 11.4 Å². The molecule has 0 saturated carbocycles. The summed E-state index contributed by atoms with van der Waals surface area (Å²) in [7, 11) is -0.847. The Morgan fingerprint density at radius 3 is 2.06 bits per heavy atom. The Morgan fingerprint density at radius 2 is 1.53 bits per heavy atom. The van der Waals surface area contributed by atoms with Crippen molar-refractivity contribution < 1.29 is 32.2 Å². The van der Waals surface area contributed by atoms with Crippen molar-refractivity contribution in [3.8, 4) is 11.5 Å². The van der Waals surface area contributed by atoms with E-state index in [9.17, 15) is 22.7 Å². The summed E-state index contributed by atoms with van der Waals surface area (Å²) in [5.74, 6) is -0.746. The monoisotopic (exact) mass is 459 g/mol. The highest BCUT2D eigenvalue weighted by Gasteiger charge is 2.23. The SMILES string of the molecule is COc1ccc(C(Oc2ccc(CN(C)S(=O)(=O)c3ccc(F)cc3)cc2)C(=O)O)cc1. The van der Waals surface area contributed by atoms with E-state index in [1.807, 2.05) is 0 Å². The van der Waals surface area contributed by atoms with Gasteiger partial charge in [0.2, 0.25) is 16.1 Å². The van der Waals surface area contributed by atoms with Gasteiger partial charge in [-0.25, -0.2) is 17.6 Å². The Kier molecular flexibility index (Phi) is 7.12. The van der Waals surface area contributed by atoms with Crippen LogP contribution in [0, 0.1) is 5.82 Å². The van der Waals surface area contributed by atoms with E-state index in [0.29, 0.717) is 22.6 Å². The number of benzene rings is 3. The van der Waals surface area contributed by atoms with Gasteiger partial charge in [-0.3, -0.25) is 0 Å². The highest BCUT2D eigenvalue weighted by Crippen LogP contribution is 2.25. The second-order valence-electron chi connectivity index (χ2n) is 6.97. The van der Waals surface area contributed by atoms with Gasteiger partial charge in [0.15, 0.2) is 0 Å². The van der Waals surface area contributed by atoms with Crippen molar-refractivity contribution in [1.82, 2.24) is 4.31 Å². The topological polar surface area (TPSA) is 93.1 Å². The zero-order valence-corrected chi connectivity index (χ0v) is 18.3. The number of ether oxygens (including phenoxy) is 2. The van der Waals surface area contributed by atoms with Crippen LogP contribution in [-0.2, 0) is 21.4 Å². The van der Waals surface area contributed by atoms with Crippen LogP contribution in [0.2, 0.25) is 0 Å². The van der Waals surface area contributed by atoms with Gasteiger partial charge in [0, 0.05) is 19.2 Å². The molecule has 7 nitrogen and oxygen atoms in total. The fraction of sp³-hybridized carbons (Fsp3) is 0.174. The minimum absolute atomic E-state index is 0.00912. The average Bonchev–Trinajstić information content (AvgIpc) is 2.78. The van der Waals surface area contributed by atoms with Gasteiger partial charge in [0.05, 0.1) is 12.0 Å². The van der Waals surface area contributed by atoms with E-state index in [1.165, 1.54) is 26.3 Å². The molecule has 0 bridgehead atoms. The van der Waals surface area contributed by atoms with Gasteiger partial charge in [-0.15, -0.1) is 0 Å². The zero-order chi connectivity index (χ0) is 23.3. The molecule has 0 fully saturated rings. The van der Waals surface area contributed by atoms with Crippen LogP contribution in [-0.4, -0.2) is 38.0 Å². The molecule has 1 N–H and O–H groups in total. The lowest BCUT2D eigenvalue weighted by Crippen LogP contribution is -2.26. The van der Waals surface area contributed by atoms with Crippen LogP contribution < -0.4 is 9.47 Å². The van der Waals surface area contributed by atoms with Crippen molar-refractivity contribution in [2.45, 2.75) is 17.5 Å². The van der Waals surface area contributed by atoms with Gasteiger partial charge < -0.3 is 14.6 Å². The predicted octanol–water partition coefficient (Wildman–Crippen LogP) is 3.86. The number of carboxylic acids is 1. The highest BCUT2D eigenvalue weighted by molar-refractivity contribution is 7.89. The van der Waals surface area contributed by atoms with Gasteiger partial charge in [-0.1, -0.05) is 24.3 Å². The number of hydrogen-bond acceptors (Lipinski definition) is 5. The normalized spacial score (nSPS) is 12.4. The second kappa shape index (κ2) is 9.80. The van der Waals surface area contributed by atoms with Gasteiger partial charge in [0.1, 0.15) is 17.3 Å². The smallest absolute Gasteiger partial charge is 0.349 e. The molecule has 168 valence electrons. The fourth-order valence-electron chi connectivity index (χ4n) is 2.98. The van der Waals surface area contributed by atoms with Gasteiger partial charge in [0.25, 0.3) is 0 Å². The molecule has 1 unspecified atom stereocenters. The first-order valence-corrected chi connectivity index (χ1v) is 11.0. The van der Waals surface area contributed by atoms with Crippen molar-refractivity contribution in [3.05, 3.63) is 89.7 Å². The first kappa shape index (κ1) is 23.2. The molecule has 0 aliphatic heterocycles. The Labute approximate surface area is 185 Å². The van der Waals surface area contributed by atoms with Gasteiger partial charge in [-0.05, 0) is 54.1 Å². The summed E-state index contributed by atoms with van der Waals surface area (Å²) in [5, 5.41) is 9.55. The Hall–Kier alpha value is -3.43. The lowest BCUT2D eigenvalue weighted by molar-refractivity contribution is -0.145. The van der Waals surface area contributed by atoms with Gasteiger partial charge >= 0.3 is 5.97 Å². The van der Waals surface area contributed by atoms with Crippen LogP contribution in [0.1, 0.15) is 17.2 Å². The quantitative estimate of drug-likeness (QED) is 0.522. The lowest BCUT2D eigenvalue weighted by Gasteiger charge is -2.18. The molecule has 0 spiro atoms. The number of carbonyl (C=O) groups is 1. The molecule has 32 heavy (non-hydrogen) atoms. The van der Waals surface area contributed by atoms with Crippen LogP contribution >= 0.6 is 0 Å². The number of sulfonamides is 1. The van der Waals surface area contributed by atoms with Gasteiger partial charge in [-0.2, -0.15) is 4.31 Å². The molecule has 9 heteroatoms. The molecule has 0 amide bonds. The molecular weight excluding hydrogens is 437 g/mol. The summed E-state index contributed by atoms with van der Waals surface area (Å²) < 4.78 is 50.2. The Balaban J connectivity index is 1.70. The van der Waals surface area contributed by atoms with Crippen LogP contribution in [0.5, 0.6) is 11.5 Å². The van der Waals surface area contributed by atoms with E-state index >= 15 is 0 Å². The molecule has 0 saturated heterocycles. The minimum atomic E-state index is -3.79. The molecule has 0 aliphatic rings. The van der Waals surface area contributed by atoms with Crippen LogP contribution in [0.3, 0.4) is 0 Å². The lowest BCUT2D eigenvalue weighted by atomic mass is 10.1. The van der Waals surface area contributed by atoms with Crippen molar-refractivity contribution >= 4 is 16.0 Å². The van der Waals surface area contributed by atoms with E-state index in [4.69, 9.17) is 9.47 Å². The summed E-state index contributed by atoms with van der Waals surface area (Å²) in [6, 6.07) is 17.6. The molecular formula is C23H22FNO6S. The average molecular weight is 459 g/mol. The summed E-state index contributed by atoms with van der Waals surface area (Å²) in [4.78, 5) is 11.7.